The molecule has 0 aliphatic carbocycles. The van der Waals surface area contributed by atoms with Crippen LogP contribution in [0.3, 0.4) is 0 Å². The summed E-state index contributed by atoms with van der Waals surface area (Å²) < 4.78 is 41.5. The standard InChI is InChI=1S/C22H24F3N7O/c1-12-18-19(31(5)22(2,3)20(33)30(18)4)29-21(28-12)26-8-14-9-27-32(11-14)10-13-6-15(23)17(25)16(24)7-13/h6-7,9,11H,8,10H2,1-5H3,(H,26,28,29). The normalized spacial score (nSPS) is 15.1. The van der Waals surface area contributed by atoms with Gasteiger partial charge >= 0.3 is 0 Å². The molecule has 0 saturated carbocycles. The van der Waals surface area contributed by atoms with Crippen LogP contribution >= 0.6 is 0 Å². The number of carbonyl (C=O) groups excluding carboxylic acids is 1. The predicted molar refractivity (Wildman–Crippen MR) is 118 cm³/mol. The maximum atomic E-state index is 13.4. The van der Waals surface area contributed by atoms with E-state index in [1.54, 1.807) is 24.3 Å². The van der Waals surface area contributed by atoms with Gasteiger partial charge in [-0.3, -0.25) is 9.48 Å². The van der Waals surface area contributed by atoms with Crippen molar-refractivity contribution in [1.29, 1.82) is 0 Å². The first-order valence-corrected chi connectivity index (χ1v) is 10.3. The van der Waals surface area contributed by atoms with Crippen molar-refractivity contribution >= 4 is 23.4 Å². The topological polar surface area (TPSA) is 79.2 Å². The smallest absolute Gasteiger partial charge is 0.252 e. The van der Waals surface area contributed by atoms with Crippen LogP contribution in [0.4, 0.5) is 30.6 Å². The van der Waals surface area contributed by atoms with E-state index >= 15 is 0 Å². The maximum Gasteiger partial charge on any atom is 0.252 e. The van der Waals surface area contributed by atoms with E-state index in [0.29, 0.717) is 29.7 Å². The van der Waals surface area contributed by atoms with Gasteiger partial charge in [-0.05, 0) is 38.5 Å². The lowest BCUT2D eigenvalue weighted by atomic mass is 9.97. The highest BCUT2D eigenvalue weighted by atomic mass is 19.2. The molecule has 11 heteroatoms. The molecule has 0 spiro atoms. The average molecular weight is 459 g/mol. The van der Waals surface area contributed by atoms with Gasteiger partial charge in [-0.1, -0.05) is 0 Å². The molecule has 0 unspecified atom stereocenters. The lowest BCUT2D eigenvalue weighted by molar-refractivity contribution is -0.122. The Bertz CT molecular complexity index is 1220. The van der Waals surface area contributed by atoms with Gasteiger partial charge in [0, 0.05) is 32.4 Å². The Labute approximate surface area is 189 Å². The van der Waals surface area contributed by atoms with Crippen molar-refractivity contribution in [3.63, 3.8) is 0 Å². The number of aryl methyl sites for hydroxylation is 1. The molecule has 0 bridgehead atoms. The van der Waals surface area contributed by atoms with Crippen molar-refractivity contribution in [1.82, 2.24) is 19.7 Å². The van der Waals surface area contributed by atoms with E-state index in [4.69, 9.17) is 0 Å². The van der Waals surface area contributed by atoms with Crippen molar-refractivity contribution < 1.29 is 18.0 Å². The van der Waals surface area contributed by atoms with Crippen LogP contribution in [0.1, 0.15) is 30.7 Å². The molecule has 1 aliphatic rings. The summed E-state index contributed by atoms with van der Waals surface area (Å²) in [6.45, 7) is 5.94. The Balaban J connectivity index is 1.50. The highest BCUT2D eigenvalue weighted by Gasteiger charge is 2.43. The van der Waals surface area contributed by atoms with Crippen molar-refractivity contribution in [3.8, 4) is 0 Å². The van der Waals surface area contributed by atoms with Crippen molar-refractivity contribution in [2.45, 2.75) is 39.4 Å². The van der Waals surface area contributed by atoms with E-state index in [1.807, 2.05) is 32.7 Å². The number of hydrogen-bond donors (Lipinski definition) is 1. The van der Waals surface area contributed by atoms with Gasteiger partial charge in [0.15, 0.2) is 23.3 Å². The summed E-state index contributed by atoms with van der Waals surface area (Å²) in [4.78, 5) is 25.2. The van der Waals surface area contributed by atoms with E-state index in [2.05, 4.69) is 20.4 Å². The van der Waals surface area contributed by atoms with Gasteiger partial charge < -0.3 is 15.1 Å². The van der Waals surface area contributed by atoms with Gasteiger partial charge in [0.25, 0.3) is 5.91 Å². The molecule has 0 saturated heterocycles. The number of carbonyl (C=O) groups is 1. The summed E-state index contributed by atoms with van der Waals surface area (Å²) in [7, 11) is 3.54. The highest BCUT2D eigenvalue weighted by Crippen LogP contribution is 2.39. The zero-order valence-electron chi connectivity index (χ0n) is 18.9. The molecule has 3 aromatic rings. The highest BCUT2D eigenvalue weighted by molar-refractivity contribution is 6.07. The predicted octanol–water partition coefficient (Wildman–Crippen LogP) is 3.25. The van der Waals surface area contributed by atoms with E-state index in [9.17, 15) is 18.0 Å². The number of anilines is 3. The molecule has 0 atom stereocenters. The molecule has 0 fully saturated rings. The molecule has 3 heterocycles. The van der Waals surface area contributed by atoms with Crippen LogP contribution in [0.15, 0.2) is 24.5 Å². The fourth-order valence-corrected chi connectivity index (χ4v) is 3.83. The minimum Gasteiger partial charge on any atom is -0.350 e. The van der Waals surface area contributed by atoms with Crippen LogP contribution in [-0.4, -0.2) is 45.3 Å². The van der Waals surface area contributed by atoms with E-state index in [-0.39, 0.29) is 18.0 Å². The van der Waals surface area contributed by atoms with Gasteiger partial charge in [0.05, 0.1) is 18.4 Å². The number of halogens is 3. The van der Waals surface area contributed by atoms with E-state index < -0.39 is 23.0 Å². The number of nitrogens with one attached hydrogen (secondary N) is 1. The lowest BCUT2D eigenvalue weighted by Crippen LogP contribution is -2.58. The second-order valence-corrected chi connectivity index (χ2v) is 8.56. The summed E-state index contributed by atoms with van der Waals surface area (Å²) in [5.41, 5.74) is 1.63. The van der Waals surface area contributed by atoms with Crippen LogP contribution in [-0.2, 0) is 17.9 Å². The summed E-state index contributed by atoms with van der Waals surface area (Å²) in [6.07, 6.45) is 3.31. The summed E-state index contributed by atoms with van der Waals surface area (Å²) in [5.74, 6) is -2.97. The third-order valence-electron chi connectivity index (χ3n) is 5.89. The van der Waals surface area contributed by atoms with Crippen molar-refractivity contribution in [2.75, 3.05) is 29.2 Å². The Kier molecular flexibility index (Phi) is 5.51. The zero-order valence-corrected chi connectivity index (χ0v) is 18.9. The number of likely N-dealkylation sites (N-methyl/N-ethyl adjacent to an activating group) is 2. The molecule has 1 amide bonds. The SMILES string of the molecule is Cc1nc(NCc2cnn(Cc3cc(F)c(F)c(F)c3)c2)nc2c1N(C)C(=O)C(C)(C)N2C. The molecule has 0 radical (unpaired) electrons. The van der Waals surface area contributed by atoms with Crippen LogP contribution in [0.2, 0.25) is 0 Å². The molecule has 33 heavy (non-hydrogen) atoms. The van der Waals surface area contributed by atoms with Gasteiger partial charge in [0.1, 0.15) is 11.2 Å². The first kappa shape index (κ1) is 22.6. The van der Waals surface area contributed by atoms with Gasteiger partial charge in [0.2, 0.25) is 5.95 Å². The van der Waals surface area contributed by atoms with Crippen LogP contribution in [0, 0.1) is 24.4 Å². The lowest BCUT2D eigenvalue weighted by Gasteiger charge is -2.44. The summed E-state index contributed by atoms with van der Waals surface area (Å²) in [6, 6.07) is 1.89. The Morgan fingerprint density at radius 2 is 1.73 bits per heavy atom. The van der Waals surface area contributed by atoms with E-state index in [0.717, 1.165) is 17.7 Å². The largest absolute Gasteiger partial charge is 0.350 e. The van der Waals surface area contributed by atoms with Gasteiger partial charge in [-0.25, -0.2) is 18.2 Å². The molecule has 4 rings (SSSR count). The molecule has 2 aromatic heterocycles. The number of hydrogen-bond acceptors (Lipinski definition) is 6. The van der Waals surface area contributed by atoms with E-state index in [1.165, 1.54) is 4.68 Å². The molecule has 1 aliphatic heterocycles. The fourth-order valence-electron chi connectivity index (χ4n) is 3.83. The Morgan fingerprint density at radius 1 is 1.06 bits per heavy atom. The number of nitrogens with zero attached hydrogens (tertiary/aromatic N) is 6. The Morgan fingerprint density at radius 3 is 2.39 bits per heavy atom. The molecule has 1 aromatic carbocycles. The van der Waals surface area contributed by atoms with Crippen molar-refractivity contribution in [3.05, 3.63) is 58.8 Å². The summed E-state index contributed by atoms with van der Waals surface area (Å²) >= 11 is 0. The van der Waals surface area contributed by atoms with Gasteiger partial charge in [-0.2, -0.15) is 10.1 Å². The molecule has 1 N–H and O–H groups in total. The summed E-state index contributed by atoms with van der Waals surface area (Å²) in [5, 5.41) is 7.34. The van der Waals surface area contributed by atoms with Crippen LogP contribution in [0.5, 0.6) is 0 Å². The number of aromatic nitrogens is 4. The number of benzene rings is 1. The second-order valence-electron chi connectivity index (χ2n) is 8.56. The zero-order chi connectivity index (χ0) is 24.1. The fraction of sp³-hybridized carbons (Fsp3) is 0.364. The number of fused-ring (bicyclic) bond motifs is 1. The van der Waals surface area contributed by atoms with Crippen LogP contribution < -0.4 is 15.1 Å². The monoisotopic (exact) mass is 459 g/mol. The second kappa shape index (κ2) is 8.05. The third-order valence-corrected chi connectivity index (χ3v) is 5.89. The van der Waals surface area contributed by atoms with Gasteiger partial charge in [-0.15, -0.1) is 0 Å². The van der Waals surface area contributed by atoms with Crippen LogP contribution in [0.25, 0.3) is 0 Å². The first-order valence-electron chi connectivity index (χ1n) is 10.3. The minimum atomic E-state index is -1.49. The Hall–Kier alpha value is -3.63. The first-order chi connectivity index (χ1) is 15.5. The minimum absolute atomic E-state index is 0.0433. The molecule has 8 nitrogen and oxygen atoms in total. The third kappa shape index (κ3) is 3.98. The average Bonchev–Trinajstić information content (AvgIpc) is 3.20. The number of amides is 1. The quantitative estimate of drug-likeness (QED) is 0.590. The maximum absolute atomic E-state index is 13.4. The molecular formula is C22H24F3N7O. The van der Waals surface area contributed by atoms with Crippen molar-refractivity contribution in [2.24, 2.45) is 0 Å². The molecule has 174 valence electrons. The molecular weight excluding hydrogens is 435 g/mol. The number of rotatable bonds is 5.